The van der Waals surface area contributed by atoms with Crippen molar-refractivity contribution in [3.05, 3.63) is 28.6 Å². The lowest BCUT2D eigenvalue weighted by Crippen LogP contribution is -2.40. The van der Waals surface area contributed by atoms with Crippen molar-refractivity contribution in [2.24, 2.45) is 0 Å². The molecule has 3 rings (SSSR count). The molecule has 23 heavy (non-hydrogen) atoms. The van der Waals surface area contributed by atoms with Gasteiger partial charge in [0.15, 0.2) is 5.13 Å². The van der Waals surface area contributed by atoms with Crippen LogP contribution in [0.5, 0.6) is 0 Å². The Kier molecular flexibility index (Phi) is 5.07. The highest BCUT2D eigenvalue weighted by molar-refractivity contribution is 7.91. The first-order valence-corrected chi connectivity index (χ1v) is 10.1. The van der Waals surface area contributed by atoms with Crippen LogP contribution in [0.1, 0.15) is 4.88 Å². The van der Waals surface area contributed by atoms with Crippen molar-refractivity contribution in [2.45, 2.75) is 10.6 Å². The number of amides is 1. The smallest absolute Gasteiger partial charge is 0.252 e. The van der Waals surface area contributed by atoms with Gasteiger partial charge < -0.3 is 10.1 Å². The maximum atomic E-state index is 12.5. The average Bonchev–Trinajstić information content (AvgIpc) is 3.20. The Balaban J connectivity index is 1.66. The first-order chi connectivity index (χ1) is 11.1. The van der Waals surface area contributed by atoms with Gasteiger partial charge in [0.25, 0.3) is 10.0 Å². The Morgan fingerprint density at radius 3 is 2.83 bits per heavy atom. The third-order valence-electron chi connectivity index (χ3n) is 3.21. The summed E-state index contributed by atoms with van der Waals surface area (Å²) >= 11 is 2.46. The van der Waals surface area contributed by atoms with Crippen LogP contribution in [0.15, 0.2) is 27.9 Å². The standard InChI is InChI=1S/C13H15N3O4S3/c17-11(15-13-14-3-8-21-13)9-10-1-2-12(22-10)23(18,19)16-4-6-20-7-5-16/h1-3,8H,4-7,9H2,(H,14,15,17). The van der Waals surface area contributed by atoms with E-state index in [1.54, 1.807) is 23.7 Å². The SMILES string of the molecule is O=C(Cc1ccc(S(=O)(=O)N2CCOCC2)s1)Nc1nccs1. The van der Waals surface area contributed by atoms with Crippen molar-refractivity contribution in [2.75, 3.05) is 31.6 Å². The van der Waals surface area contributed by atoms with Gasteiger partial charge in [-0.05, 0) is 12.1 Å². The molecule has 0 atom stereocenters. The van der Waals surface area contributed by atoms with Gasteiger partial charge in [0.05, 0.1) is 19.6 Å². The number of hydrogen-bond donors (Lipinski definition) is 1. The summed E-state index contributed by atoms with van der Waals surface area (Å²) in [6.45, 7) is 1.54. The van der Waals surface area contributed by atoms with Gasteiger partial charge in [0.2, 0.25) is 5.91 Å². The molecule has 1 fully saturated rings. The number of sulfonamides is 1. The van der Waals surface area contributed by atoms with E-state index in [0.717, 1.165) is 11.3 Å². The molecular formula is C13H15N3O4S3. The number of morpholine rings is 1. The molecule has 2 aromatic rings. The number of rotatable bonds is 5. The van der Waals surface area contributed by atoms with E-state index in [9.17, 15) is 13.2 Å². The van der Waals surface area contributed by atoms with E-state index < -0.39 is 10.0 Å². The van der Waals surface area contributed by atoms with E-state index >= 15 is 0 Å². The van der Waals surface area contributed by atoms with Crippen molar-refractivity contribution >= 4 is 43.7 Å². The summed E-state index contributed by atoms with van der Waals surface area (Å²) in [7, 11) is -3.50. The largest absolute Gasteiger partial charge is 0.379 e. The molecule has 0 saturated carbocycles. The Hall–Kier alpha value is -1.33. The molecule has 1 aliphatic heterocycles. The lowest BCUT2D eigenvalue weighted by atomic mass is 10.3. The minimum Gasteiger partial charge on any atom is -0.379 e. The molecule has 7 nitrogen and oxygen atoms in total. The van der Waals surface area contributed by atoms with Crippen molar-refractivity contribution < 1.29 is 17.9 Å². The van der Waals surface area contributed by atoms with Crippen LogP contribution in [0, 0.1) is 0 Å². The van der Waals surface area contributed by atoms with Gasteiger partial charge in [-0.15, -0.1) is 22.7 Å². The van der Waals surface area contributed by atoms with Crippen molar-refractivity contribution in [1.82, 2.24) is 9.29 Å². The van der Waals surface area contributed by atoms with Crippen LogP contribution in [-0.2, 0) is 26.0 Å². The van der Waals surface area contributed by atoms with Gasteiger partial charge in [-0.2, -0.15) is 4.31 Å². The number of carbonyl (C=O) groups excluding carboxylic acids is 1. The van der Waals surface area contributed by atoms with Crippen molar-refractivity contribution in [3.63, 3.8) is 0 Å². The summed E-state index contributed by atoms with van der Waals surface area (Å²) < 4.78 is 31.9. The minimum atomic E-state index is -3.50. The van der Waals surface area contributed by atoms with Gasteiger partial charge in [-0.25, -0.2) is 13.4 Å². The summed E-state index contributed by atoms with van der Waals surface area (Å²) in [6.07, 6.45) is 1.74. The van der Waals surface area contributed by atoms with E-state index in [0.29, 0.717) is 36.3 Å². The first-order valence-electron chi connectivity index (χ1n) is 6.91. The number of nitrogens with zero attached hydrogens (tertiary/aromatic N) is 2. The van der Waals surface area contributed by atoms with E-state index in [-0.39, 0.29) is 16.5 Å². The molecule has 0 radical (unpaired) electrons. The van der Waals surface area contributed by atoms with Crippen LogP contribution in [0.25, 0.3) is 0 Å². The predicted octanol–water partition coefficient (Wildman–Crippen LogP) is 1.41. The molecule has 10 heteroatoms. The van der Waals surface area contributed by atoms with E-state index in [1.807, 2.05) is 0 Å². The summed E-state index contributed by atoms with van der Waals surface area (Å²) in [6, 6.07) is 3.24. The molecule has 0 aliphatic carbocycles. The van der Waals surface area contributed by atoms with Crippen LogP contribution in [0.2, 0.25) is 0 Å². The number of aromatic nitrogens is 1. The molecule has 3 heterocycles. The van der Waals surface area contributed by atoms with Gasteiger partial charge >= 0.3 is 0 Å². The Bertz CT molecular complexity index is 764. The molecule has 0 aromatic carbocycles. The maximum absolute atomic E-state index is 12.5. The highest BCUT2D eigenvalue weighted by Crippen LogP contribution is 2.26. The number of thiophene rings is 1. The lowest BCUT2D eigenvalue weighted by Gasteiger charge is -2.25. The van der Waals surface area contributed by atoms with Gasteiger partial charge in [-0.1, -0.05) is 0 Å². The molecule has 124 valence electrons. The average molecular weight is 373 g/mol. The molecule has 1 N–H and O–H groups in total. The van der Waals surface area contributed by atoms with Crippen LogP contribution in [-0.4, -0.2) is 49.9 Å². The number of carbonyl (C=O) groups is 1. The Labute approximate surface area is 142 Å². The zero-order valence-corrected chi connectivity index (χ0v) is 14.5. The third kappa shape index (κ3) is 3.96. The monoisotopic (exact) mass is 373 g/mol. The molecule has 1 aliphatic rings. The second-order valence-corrected chi connectivity index (χ2v) is 9.03. The number of thiazole rings is 1. The predicted molar refractivity (Wildman–Crippen MR) is 88.3 cm³/mol. The van der Waals surface area contributed by atoms with Crippen LogP contribution < -0.4 is 5.32 Å². The lowest BCUT2D eigenvalue weighted by molar-refractivity contribution is -0.115. The molecule has 1 saturated heterocycles. The summed E-state index contributed by atoms with van der Waals surface area (Å²) in [5, 5.41) is 4.99. The fourth-order valence-corrected chi connectivity index (χ4v) is 5.57. The van der Waals surface area contributed by atoms with Crippen LogP contribution in [0.4, 0.5) is 5.13 Å². The first kappa shape index (κ1) is 16.5. The van der Waals surface area contributed by atoms with E-state index in [4.69, 9.17) is 4.74 Å². The van der Waals surface area contributed by atoms with Crippen molar-refractivity contribution in [1.29, 1.82) is 0 Å². The summed E-state index contributed by atoms with van der Waals surface area (Å²) in [5.74, 6) is -0.211. The molecule has 1 amide bonds. The molecule has 0 spiro atoms. The zero-order valence-electron chi connectivity index (χ0n) is 12.1. The molecule has 0 unspecified atom stereocenters. The highest BCUT2D eigenvalue weighted by Gasteiger charge is 2.27. The second kappa shape index (κ2) is 7.05. The topological polar surface area (TPSA) is 88.6 Å². The Morgan fingerprint density at radius 1 is 1.35 bits per heavy atom. The number of nitrogens with one attached hydrogen (secondary N) is 1. The van der Waals surface area contributed by atoms with Gasteiger partial charge in [0.1, 0.15) is 4.21 Å². The summed E-state index contributed by atoms with van der Waals surface area (Å²) in [5.41, 5.74) is 0. The normalized spacial score (nSPS) is 16.3. The van der Waals surface area contributed by atoms with E-state index in [1.165, 1.54) is 15.6 Å². The fraction of sp³-hybridized carbons (Fsp3) is 0.385. The van der Waals surface area contributed by atoms with E-state index in [2.05, 4.69) is 10.3 Å². The molecular weight excluding hydrogens is 358 g/mol. The fourth-order valence-electron chi connectivity index (χ4n) is 2.11. The Morgan fingerprint density at radius 2 is 2.13 bits per heavy atom. The number of anilines is 1. The number of ether oxygens (including phenoxy) is 1. The molecule has 2 aromatic heterocycles. The quantitative estimate of drug-likeness (QED) is 0.856. The molecule has 0 bridgehead atoms. The van der Waals surface area contributed by atoms with Gasteiger partial charge in [-0.3, -0.25) is 4.79 Å². The van der Waals surface area contributed by atoms with Crippen LogP contribution in [0.3, 0.4) is 0 Å². The highest BCUT2D eigenvalue weighted by atomic mass is 32.2. The minimum absolute atomic E-state index is 0.128. The maximum Gasteiger partial charge on any atom is 0.252 e. The zero-order chi connectivity index (χ0) is 16.3. The van der Waals surface area contributed by atoms with Crippen molar-refractivity contribution in [3.8, 4) is 0 Å². The van der Waals surface area contributed by atoms with Crippen LogP contribution >= 0.6 is 22.7 Å². The second-order valence-electron chi connectivity index (χ2n) is 4.80. The number of hydrogen-bond acceptors (Lipinski definition) is 7. The summed E-state index contributed by atoms with van der Waals surface area (Å²) in [4.78, 5) is 16.6. The van der Waals surface area contributed by atoms with Gasteiger partial charge in [0, 0.05) is 29.5 Å². The third-order valence-corrected chi connectivity index (χ3v) is 7.35.